The molecule has 1 N–H and O–H groups in total. The van der Waals surface area contributed by atoms with E-state index in [1.54, 1.807) is 24.4 Å². The van der Waals surface area contributed by atoms with E-state index >= 15 is 0 Å². The zero-order valence-corrected chi connectivity index (χ0v) is 14.7. The number of hydrogen-bond donors (Lipinski definition) is 1. The first-order valence-electron chi connectivity index (χ1n) is 8.02. The molecule has 1 saturated heterocycles. The molecule has 6 heteroatoms. The van der Waals surface area contributed by atoms with Gasteiger partial charge in [0.1, 0.15) is 0 Å². The number of carbonyl (C=O) groups is 1. The molecule has 0 bridgehead atoms. The minimum atomic E-state index is -0.145. The number of amides is 1. The Kier molecular flexibility index (Phi) is 5.72. The van der Waals surface area contributed by atoms with E-state index in [2.05, 4.69) is 15.2 Å². The van der Waals surface area contributed by atoms with Gasteiger partial charge in [-0.2, -0.15) is 0 Å². The van der Waals surface area contributed by atoms with Crippen molar-refractivity contribution in [2.45, 2.75) is 31.8 Å². The predicted molar refractivity (Wildman–Crippen MR) is 97.4 cm³/mol. The lowest BCUT2D eigenvalue weighted by Crippen LogP contribution is -2.46. The Morgan fingerprint density at radius 2 is 2.12 bits per heavy atom. The van der Waals surface area contributed by atoms with Crippen LogP contribution in [0.15, 0.2) is 42.7 Å². The molecule has 1 fully saturated rings. The summed E-state index contributed by atoms with van der Waals surface area (Å²) in [6, 6.07) is 8.94. The number of nitrogens with zero attached hydrogens (tertiary/aromatic N) is 2. The summed E-state index contributed by atoms with van der Waals surface area (Å²) in [6.07, 6.45) is 6.63. The minimum absolute atomic E-state index is 0.00280. The predicted octanol–water partition coefficient (Wildman–Crippen LogP) is 4.38. The van der Waals surface area contributed by atoms with Gasteiger partial charge in [-0.1, -0.05) is 35.7 Å². The fraction of sp³-hybridized carbons (Fsp3) is 0.333. The fourth-order valence-electron chi connectivity index (χ4n) is 3.00. The fourth-order valence-corrected chi connectivity index (χ4v) is 3.30. The number of piperidine rings is 1. The number of nitrogens with one attached hydrogen (secondary N) is 1. The first kappa shape index (κ1) is 17.2. The third kappa shape index (κ3) is 4.26. The molecule has 24 heavy (non-hydrogen) atoms. The van der Waals surface area contributed by atoms with Gasteiger partial charge in [0.05, 0.1) is 16.1 Å². The molecule has 1 amide bonds. The standard InChI is InChI=1S/C18H19Cl2N3O/c19-15-7-6-14(10-16(15)20)22-18(24)17-5-1-2-9-23(17)12-13-4-3-8-21-11-13/h3-4,6-8,10-11,17H,1-2,5,9,12H2,(H,22,24). The average Bonchev–Trinajstić information content (AvgIpc) is 2.59. The largest absolute Gasteiger partial charge is 0.325 e. The molecule has 126 valence electrons. The van der Waals surface area contributed by atoms with E-state index < -0.39 is 0 Å². The van der Waals surface area contributed by atoms with E-state index in [0.717, 1.165) is 37.9 Å². The second-order valence-corrected chi connectivity index (χ2v) is 6.78. The summed E-state index contributed by atoms with van der Waals surface area (Å²) >= 11 is 11.9. The second kappa shape index (κ2) is 7.97. The van der Waals surface area contributed by atoms with Crippen LogP contribution in [0.25, 0.3) is 0 Å². The van der Waals surface area contributed by atoms with Crippen molar-refractivity contribution in [3.05, 3.63) is 58.3 Å². The molecule has 1 atom stereocenters. The van der Waals surface area contributed by atoms with E-state index in [9.17, 15) is 4.79 Å². The zero-order chi connectivity index (χ0) is 16.9. The number of aromatic nitrogens is 1. The Morgan fingerprint density at radius 1 is 1.25 bits per heavy atom. The Balaban J connectivity index is 1.69. The highest BCUT2D eigenvalue weighted by Crippen LogP contribution is 2.26. The van der Waals surface area contributed by atoms with E-state index in [1.165, 1.54) is 0 Å². The van der Waals surface area contributed by atoms with Crippen LogP contribution in [0.5, 0.6) is 0 Å². The van der Waals surface area contributed by atoms with Crippen LogP contribution in [-0.4, -0.2) is 28.4 Å². The van der Waals surface area contributed by atoms with E-state index in [1.807, 2.05) is 18.3 Å². The van der Waals surface area contributed by atoms with Gasteiger partial charge in [0, 0.05) is 24.6 Å². The number of hydrogen-bond acceptors (Lipinski definition) is 3. The number of anilines is 1. The Bertz CT molecular complexity index is 709. The lowest BCUT2D eigenvalue weighted by atomic mass is 10.0. The van der Waals surface area contributed by atoms with Crippen molar-refractivity contribution in [2.75, 3.05) is 11.9 Å². The van der Waals surface area contributed by atoms with E-state index in [-0.39, 0.29) is 11.9 Å². The van der Waals surface area contributed by atoms with Crippen molar-refractivity contribution in [3.63, 3.8) is 0 Å². The molecule has 1 unspecified atom stereocenters. The summed E-state index contributed by atoms with van der Waals surface area (Å²) < 4.78 is 0. The maximum absolute atomic E-state index is 12.7. The van der Waals surface area contributed by atoms with Crippen LogP contribution in [0, 0.1) is 0 Å². The van der Waals surface area contributed by atoms with Gasteiger partial charge in [-0.15, -0.1) is 0 Å². The molecule has 3 rings (SSSR count). The number of pyridine rings is 1. The van der Waals surface area contributed by atoms with E-state index in [4.69, 9.17) is 23.2 Å². The SMILES string of the molecule is O=C(Nc1ccc(Cl)c(Cl)c1)C1CCCCN1Cc1cccnc1. The van der Waals surface area contributed by atoms with Gasteiger partial charge in [0.15, 0.2) is 0 Å². The highest BCUT2D eigenvalue weighted by atomic mass is 35.5. The summed E-state index contributed by atoms with van der Waals surface area (Å²) in [4.78, 5) is 19.1. The van der Waals surface area contributed by atoms with Gasteiger partial charge < -0.3 is 5.32 Å². The van der Waals surface area contributed by atoms with E-state index in [0.29, 0.717) is 15.7 Å². The van der Waals surface area contributed by atoms with Gasteiger partial charge in [0.25, 0.3) is 0 Å². The quantitative estimate of drug-likeness (QED) is 0.876. The molecular formula is C18H19Cl2N3O. The molecule has 1 aliphatic heterocycles. The number of halogens is 2. The highest BCUT2D eigenvalue weighted by molar-refractivity contribution is 6.42. The topological polar surface area (TPSA) is 45.2 Å². The monoisotopic (exact) mass is 363 g/mol. The Morgan fingerprint density at radius 3 is 2.88 bits per heavy atom. The maximum Gasteiger partial charge on any atom is 0.241 e. The van der Waals surface area contributed by atoms with Crippen molar-refractivity contribution in [1.29, 1.82) is 0 Å². The van der Waals surface area contributed by atoms with Crippen molar-refractivity contribution in [3.8, 4) is 0 Å². The molecule has 1 aromatic carbocycles. The lowest BCUT2D eigenvalue weighted by molar-refractivity contribution is -0.122. The van der Waals surface area contributed by atoms with Crippen molar-refractivity contribution >= 4 is 34.8 Å². The molecule has 0 radical (unpaired) electrons. The smallest absolute Gasteiger partial charge is 0.241 e. The van der Waals surface area contributed by atoms with Gasteiger partial charge in [-0.25, -0.2) is 0 Å². The number of likely N-dealkylation sites (tertiary alicyclic amines) is 1. The number of carbonyl (C=O) groups excluding carboxylic acids is 1. The summed E-state index contributed by atoms with van der Waals surface area (Å²) in [5.41, 5.74) is 1.79. The van der Waals surface area contributed by atoms with Crippen LogP contribution in [0.1, 0.15) is 24.8 Å². The van der Waals surface area contributed by atoms with Crippen LogP contribution < -0.4 is 5.32 Å². The van der Waals surface area contributed by atoms with Crippen LogP contribution in [-0.2, 0) is 11.3 Å². The molecule has 0 saturated carbocycles. The van der Waals surface area contributed by atoms with Crippen LogP contribution in [0.3, 0.4) is 0 Å². The first-order valence-corrected chi connectivity index (χ1v) is 8.78. The van der Waals surface area contributed by atoms with Gasteiger partial charge >= 0.3 is 0 Å². The van der Waals surface area contributed by atoms with Gasteiger partial charge in [0.2, 0.25) is 5.91 Å². The molecule has 0 aliphatic carbocycles. The Hall–Kier alpha value is -1.62. The normalized spacial score (nSPS) is 18.3. The maximum atomic E-state index is 12.7. The molecule has 0 spiro atoms. The molecule has 4 nitrogen and oxygen atoms in total. The molecule has 2 heterocycles. The zero-order valence-electron chi connectivity index (χ0n) is 13.2. The first-order chi connectivity index (χ1) is 11.6. The van der Waals surface area contributed by atoms with Gasteiger partial charge in [-0.05, 0) is 49.2 Å². The highest BCUT2D eigenvalue weighted by Gasteiger charge is 2.28. The summed E-state index contributed by atoms with van der Waals surface area (Å²) in [7, 11) is 0. The minimum Gasteiger partial charge on any atom is -0.325 e. The van der Waals surface area contributed by atoms with Crippen LogP contribution in [0.2, 0.25) is 10.0 Å². The second-order valence-electron chi connectivity index (χ2n) is 5.96. The van der Waals surface area contributed by atoms with Crippen LogP contribution >= 0.6 is 23.2 Å². The van der Waals surface area contributed by atoms with Crippen molar-refractivity contribution in [2.24, 2.45) is 0 Å². The average molecular weight is 364 g/mol. The summed E-state index contributed by atoms with van der Waals surface area (Å²) in [6.45, 7) is 1.64. The summed E-state index contributed by atoms with van der Waals surface area (Å²) in [5, 5.41) is 3.87. The Labute approximate surface area is 151 Å². The van der Waals surface area contributed by atoms with Crippen molar-refractivity contribution < 1.29 is 4.79 Å². The van der Waals surface area contributed by atoms with Gasteiger partial charge in [-0.3, -0.25) is 14.7 Å². The third-order valence-electron chi connectivity index (χ3n) is 4.21. The molecule has 1 aromatic heterocycles. The van der Waals surface area contributed by atoms with Crippen LogP contribution in [0.4, 0.5) is 5.69 Å². The number of benzene rings is 1. The molecule has 2 aromatic rings. The lowest BCUT2D eigenvalue weighted by Gasteiger charge is -2.34. The molecular weight excluding hydrogens is 345 g/mol. The molecule has 1 aliphatic rings. The third-order valence-corrected chi connectivity index (χ3v) is 4.95. The number of rotatable bonds is 4. The summed E-state index contributed by atoms with van der Waals surface area (Å²) in [5.74, 6) is -0.00280. The van der Waals surface area contributed by atoms with Crippen molar-refractivity contribution in [1.82, 2.24) is 9.88 Å².